The van der Waals surface area contributed by atoms with Gasteiger partial charge in [0.05, 0.1) is 13.2 Å². The van der Waals surface area contributed by atoms with Gasteiger partial charge < -0.3 is 9.67 Å². The van der Waals surface area contributed by atoms with Crippen LogP contribution in [-0.4, -0.2) is 32.7 Å². The first kappa shape index (κ1) is 13.3. The van der Waals surface area contributed by atoms with Crippen LogP contribution in [0.3, 0.4) is 0 Å². The summed E-state index contributed by atoms with van der Waals surface area (Å²) in [7, 11) is 2.02. The highest BCUT2D eigenvalue weighted by atomic mass is 16.3. The minimum Gasteiger partial charge on any atom is -0.395 e. The van der Waals surface area contributed by atoms with Gasteiger partial charge in [-0.25, -0.2) is 4.98 Å². The van der Waals surface area contributed by atoms with E-state index in [0.29, 0.717) is 12.6 Å². The second-order valence-electron chi connectivity index (χ2n) is 5.40. The van der Waals surface area contributed by atoms with Crippen molar-refractivity contribution in [1.29, 1.82) is 0 Å². The molecule has 1 atom stereocenters. The molecule has 3 rings (SSSR count). The smallest absolute Gasteiger partial charge is 0.122 e. The number of aromatic nitrogens is 2. The van der Waals surface area contributed by atoms with E-state index in [9.17, 15) is 5.11 Å². The van der Waals surface area contributed by atoms with Gasteiger partial charge in [0.15, 0.2) is 0 Å². The first-order valence-corrected chi connectivity index (χ1v) is 7.18. The Labute approximate surface area is 119 Å². The molecular formula is C16H21N3O. The minimum atomic E-state index is 0.184. The molecule has 0 amide bonds. The number of hydrogen-bond donors (Lipinski definition) is 1. The van der Waals surface area contributed by atoms with E-state index in [2.05, 4.69) is 34.1 Å². The summed E-state index contributed by atoms with van der Waals surface area (Å²) in [5.74, 6) is 1.04. The van der Waals surface area contributed by atoms with Crippen LogP contribution in [0.25, 0.3) is 0 Å². The molecule has 1 aromatic heterocycles. The topological polar surface area (TPSA) is 41.3 Å². The molecule has 1 heterocycles. The minimum absolute atomic E-state index is 0.184. The van der Waals surface area contributed by atoms with Crippen LogP contribution in [0.2, 0.25) is 0 Å². The number of aliphatic hydroxyl groups is 1. The number of benzene rings is 1. The highest BCUT2D eigenvalue weighted by Crippen LogP contribution is 2.35. The third kappa shape index (κ3) is 2.49. The molecule has 106 valence electrons. The summed E-state index contributed by atoms with van der Waals surface area (Å²) in [4.78, 5) is 6.75. The van der Waals surface area contributed by atoms with Crippen molar-refractivity contribution in [2.45, 2.75) is 25.4 Å². The Bertz CT molecular complexity index is 579. The highest BCUT2D eigenvalue weighted by molar-refractivity contribution is 5.34. The predicted molar refractivity (Wildman–Crippen MR) is 78.2 cm³/mol. The van der Waals surface area contributed by atoms with Gasteiger partial charge in [-0.3, -0.25) is 4.90 Å². The van der Waals surface area contributed by atoms with Gasteiger partial charge in [-0.05, 0) is 24.0 Å². The molecule has 20 heavy (non-hydrogen) atoms. The molecule has 2 aromatic rings. The summed E-state index contributed by atoms with van der Waals surface area (Å²) < 4.78 is 2.05. The molecule has 0 aliphatic heterocycles. The molecule has 1 aliphatic rings. The van der Waals surface area contributed by atoms with Gasteiger partial charge in [-0.15, -0.1) is 0 Å². The molecule has 1 N–H and O–H groups in total. The molecule has 1 aromatic carbocycles. The number of rotatable bonds is 5. The maximum atomic E-state index is 9.37. The van der Waals surface area contributed by atoms with Crippen LogP contribution >= 0.6 is 0 Å². The Morgan fingerprint density at radius 1 is 1.40 bits per heavy atom. The van der Waals surface area contributed by atoms with Crippen molar-refractivity contribution in [1.82, 2.24) is 14.5 Å². The second kappa shape index (κ2) is 5.77. The zero-order valence-corrected chi connectivity index (χ0v) is 11.9. The van der Waals surface area contributed by atoms with E-state index in [0.717, 1.165) is 25.2 Å². The van der Waals surface area contributed by atoms with Crippen molar-refractivity contribution in [3.8, 4) is 0 Å². The van der Waals surface area contributed by atoms with Crippen molar-refractivity contribution in [2.24, 2.45) is 7.05 Å². The molecule has 0 bridgehead atoms. The third-order valence-electron chi connectivity index (χ3n) is 4.19. The molecule has 0 saturated heterocycles. The van der Waals surface area contributed by atoms with Crippen LogP contribution in [0, 0.1) is 0 Å². The molecule has 0 saturated carbocycles. The van der Waals surface area contributed by atoms with Crippen LogP contribution < -0.4 is 0 Å². The van der Waals surface area contributed by atoms with E-state index in [1.807, 2.05) is 24.0 Å². The van der Waals surface area contributed by atoms with E-state index >= 15 is 0 Å². The summed E-state index contributed by atoms with van der Waals surface area (Å²) in [5.41, 5.74) is 2.86. The van der Waals surface area contributed by atoms with Crippen molar-refractivity contribution < 1.29 is 5.11 Å². The standard InChI is InChI=1S/C16H21N3O/c1-18-9-8-17-16(18)12-19(10-11-20)15-7-6-13-4-2-3-5-14(13)15/h2-5,8-9,15,20H,6-7,10-12H2,1H3. The fourth-order valence-corrected chi connectivity index (χ4v) is 3.12. The molecule has 0 spiro atoms. The lowest BCUT2D eigenvalue weighted by atomic mass is 10.1. The normalized spacial score (nSPS) is 17.6. The predicted octanol–water partition coefficient (Wildman–Crippen LogP) is 1.90. The molecule has 4 heteroatoms. The Hall–Kier alpha value is -1.65. The van der Waals surface area contributed by atoms with Crippen molar-refractivity contribution in [3.05, 3.63) is 53.6 Å². The van der Waals surface area contributed by atoms with E-state index < -0.39 is 0 Å². The molecule has 0 radical (unpaired) electrons. The number of hydrogen-bond acceptors (Lipinski definition) is 3. The van der Waals surface area contributed by atoms with Crippen LogP contribution in [-0.2, 0) is 20.0 Å². The van der Waals surface area contributed by atoms with Crippen molar-refractivity contribution in [3.63, 3.8) is 0 Å². The first-order valence-electron chi connectivity index (χ1n) is 7.18. The Kier molecular flexibility index (Phi) is 3.85. The molecular weight excluding hydrogens is 250 g/mol. The van der Waals surface area contributed by atoms with Crippen LogP contribution in [0.5, 0.6) is 0 Å². The largest absolute Gasteiger partial charge is 0.395 e. The number of fused-ring (bicyclic) bond motifs is 1. The van der Waals surface area contributed by atoms with Gasteiger partial charge in [0.25, 0.3) is 0 Å². The van der Waals surface area contributed by atoms with Gasteiger partial charge in [0, 0.05) is 32.0 Å². The molecule has 1 unspecified atom stereocenters. The lowest BCUT2D eigenvalue weighted by Gasteiger charge is -2.28. The van der Waals surface area contributed by atoms with Gasteiger partial charge in [-0.1, -0.05) is 24.3 Å². The quantitative estimate of drug-likeness (QED) is 0.903. The number of aliphatic hydroxyl groups excluding tert-OH is 1. The van der Waals surface area contributed by atoms with E-state index in [-0.39, 0.29) is 6.61 Å². The summed E-state index contributed by atoms with van der Waals surface area (Å²) >= 11 is 0. The molecule has 1 aliphatic carbocycles. The summed E-state index contributed by atoms with van der Waals surface area (Å²) in [5, 5.41) is 9.37. The maximum absolute atomic E-state index is 9.37. The number of aryl methyl sites for hydroxylation is 2. The molecule has 4 nitrogen and oxygen atoms in total. The lowest BCUT2D eigenvalue weighted by Crippen LogP contribution is -2.31. The molecule has 0 fully saturated rings. The Morgan fingerprint density at radius 2 is 2.25 bits per heavy atom. The van der Waals surface area contributed by atoms with E-state index in [1.165, 1.54) is 11.1 Å². The maximum Gasteiger partial charge on any atom is 0.122 e. The summed E-state index contributed by atoms with van der Waals surface area (Å²) in [6.45, 7) is 1.65. The van der Waals surface area contributed by atoms with E-state index in [4.69, 9.17) is 0 Å². The summed E-state index contributed by atoms with van der Waals surface area (Å²) in [6.07, 6.45) is 6.05. The van der Waals surface area contributed by atoms with Crippen molar-refractivity contribution in [2.75, 3.05) is 13.2 Å². The van der Waals surface area contributed by atoms with E-state index in [1.54, 1.807) is 0 Å². The third-order valence-corrected chi connectivity index (χ3v) is 4.19. The van der Waals surface area contributed by atoms with Gasteiger partial charge in [-0.2, -0.15) is 0 Å². The zero-order chi connectivity index (χ0) is 13.9. The van der Waals surface area contributed by atoms with Crippen LogP contribution in [0.1, 0.15) is 29.4 Å². The Morgan fingerprint density at radius 3 is 3.00 bits per heavy atom. The van der Waals surface area contributed by atoms with Crippen molar-refractivity contribution >= 4 is 0 Å². The highest BCUT2D eigenvalue weighted by Gasteiger charge is 2.27. The number of imidazole rings is 1. The number of nitrogens with zero attached hydrogens (tertiary/aromatic N) is 3. The fourth-order valence-electron chi connectivity index (χ4n) is 3.12. The SMILES string of the molecule is Cn1ccnc1CN(CCO)C1CCc2ccccc21. The van der Waals surface area contributed by atoms with Crippen LogP contribution in [0.4, 0.5) is 0 Å². The Balaban J connectivity index is 1.83. The van der Waals surface area contributed by atoms with Gasteiger partial charge >= 0.3 is 0 Å². The van der Waals surface area contributed by atoms with Gasteiger partial charge in [0.1, 0.15) is 5.82 Å². The zero-order valence-electron chi connectivity index (χ0n) is 11.9. The average molecular weight is 271 g/mol. The fraction of sp³-hybridized carbons (Fsp3) is 0.438. The van der Waals surface area contributed by atoms with Gasteiger partial charge in [0.2, 0.25) is 0 Å². The van der Waals surface area contributed by atoms with Crippen LogP contribution in [0.15, 0.2) is 36.7 Å². The second-order valence-corrected chi connectivity index (χ2v) is 5.40. The lowest BCUT2D eigenvalue weighted by molar-refractivity contribution is 0.138. The first-order chi connectivity index (χ1) is 9.79. The monoisotopic (exact) mass is 271 g/mol. The average Bonchev–Trinajstić information content (AvgIpc) is 3.05. The summed E-state index contributed by atoms with van der Waals surface area (Å²) in [6, 6.07) is 9.05.